The van der Waals surface area contributed by atoms with E-state index in [0.29, 0.717) is 5.82 Å². The van der Waals surface area contributed by atoms with Gasteiger partial charge in [-0.3, -0.25) is 0 Å². The van der Waals surface area contributed by atoms with Crippen molar-refractivity contribution in [3.8, 4) is 0 Å². The van der Waals surface area contributed by atoms with Gasteiger partial charge in [-0.1, -0.05) is 0 Å². The minimum Gasteiger partial charge on any atom is -0.384 e. The first kappa shape index (κ1) is 9.58. The van der Waals surface area contributed by atoms with Crippen LogP contribution in [0, 0.1) is 0 Å². The Labute approximate surface area is 87.9 Å². The summed E-state index contributed by atoms with van der Waals surface area (Å²) in [4.78, 5) is 10.4. The molecule has 0 saturated carbocycles. The molecule has 0 spiro atoms. The number of anilines is 2. The number of nitrogens with two attached hydrogens (primary N) is 1. The first-order chi connectivity index (χ1) is 6.79. The Balaban J connectivity index is 2.09. The Morgan fingerprint density at radius 3 is 3.07 bits per heavy atom. The molecule has 0 aliphatic carbocycles. The summed E-state index contributed by atoms with van der Waals surface area (Å²) in [5.74, 6) is 1.50. The highest BCUT2D eigenvalue weighted by Crippen LogP contribution is 2.24. The van der Waals surface area contributed by atoms with Crippen molar-refractivity contribution in [1.29, 1.82) is 0 Å². The highest BCUT2D eigenvalue weighted by molar-refractivity contribution is 7.99. The van der Waals surface area contributed by atoms with E-state index in [4.69, 9.17) is 5.73 Å². The van der Waals surface area contributed by atoms with Crippen LogP contribution in [0.3, 0.4) is 0 Å². The lowest BCUT2D eigenvalue weighted by molar-refractivity contribution is 0.930. The topological polar surface area (TPSA) is 55.0 Å². The van der Waals surface area contributed by atoms with E-state index in [1.165, 1.54) is 12.7 Å². The van der Waals surface area contributed by atoms with E-state index in [1.807, 2.05) is 17.8 Å². The molecule has 4 nitrogen and oxygen atoms in total. The van der Waals surface area contributed by atoms with Gasteiger partial charge in [-0.15, -0.1) is 0 Å². The number of rotatable bonds is 2. The van der Waals surface area contributed by atoms with Crippen molar-refractivity contribution < 1.29 is 0 Å². The minimum atomic E-state index is 0.544. The zero-order chi connectivity index (χ0) is 9.97. The van der Waals surface area contributed by atoms with Crippen LogP contribution in [0.5, 0.6) is 0 Å². The van der Waals surface area contributed by atoms with Gasteiger partial charge < -0.3 is 10.6 Å². The molecule has 1 fully saturated rings. The second-order valence-corrected chi connectivity index (χ2v) is 4.53. The summed E-state index contributed by atoms with van der Waals surface area (Å²) in [6, 6.07) is 1.84. The monoisotopic (exact) mass is 210 g/mol. The number of nitrogen functional groups attached to an aromatic ring is 1. The fraction of sp³-hybridized carbons (Fsp3) is 0.556. The minimum absolute atomic E-state index is 0.544. The molecule has 1 aromatic heterocycles. The van der Waals surface area contributed by atoms with Crippen molar-refractivity contribution in [2.24, 2.45) is 0 Å². The molecule has 2 rings (SSSR count). The molecule has 1 saturated heterocycles. The predicted molar refractivity (Wildman–Crippen MR) is 60.6 cm³/mol. The fourth-order valence-electron chi connectivity index (χ4n) is 1.66. The van der Waals surface area contributed by atoms with Gasteiger partial charge >= 0.3 is 0 Å². The van der Waals surface area contributed by atoms with Crippen LogP contribution in [0.25, 0.3) is 0 Å². The summed E-state index contributed by atoms with van der Waals surface area (Å²) >= 11 is 1.92. The van der Waals surface area contributed by atoms with Gasteiger partial charge in [0.15, 0.2) is 0 Å². The molecule has 2 heterocycles. The van der Waals surface area contributed by atoms with Gasteiger partial charge in [0.1, 0.15) is 18.0 Å². The highest BCUT2D eigenvalue weighted by atomic mass is 32.2. The van der Waals surface area contributed by atoms with Gasteiger partial charge in [0.05, 0.1) is 0 Å². The SMILES string of the molecule is CSC1CCN(c2cc(N)ncn2)C1. The van der Waals surface area contributed by atoms with Gasteiger partial charge in [0.2, 0.25) is 0 Å². The molecule has 0 amide bonds. The smallest absolute Gasteiger partial charge is 0.134 e. The zero-order valence-corrected chi connectivity index (χ0v) is 9.00. The Bertz CT molecular complexity index is 317. The van der Waals surface area contributed by atoms with E-state index in [2.05, 4.69) is 21.1 Å². The van der Waals surface area contributed by atoms with Crippen LogP contribution in [0.15, 0.2) is 12.4 Å². The highest BCUT2D eigenvalue weighted by Gasteiger charge is 2.22. The third kappa shape index (κ3) is 1.92. The summed E-state index contributed by atoms with van der Waals surface area (Å²) in [6.45, 7) is 2.14. The molecule has 0 radical (unpaired) electrons. The Morgan fingerprint density at radius 2 is 2.43 bits per heavy atom. The quantitative estimate of drug-likeness (QED) is 0.789. The van der Waals surface area contributed by atoms with Gasteiger partial charge in [0, 0.05) is 24.4 Å². The van der Waals surface area contributed by atoms with E-state index in [1.54, 1.807) is 0 Å². The molecule has 1 aliphatic heterocycles. The first-order valence-electron chi connectivity index (χ1n) is 4.65. The molecule has 14 heavy (non-hydrogen) atoms. The summed E-state index contributed by atoms with van der Waals surface area (Å²) < 4.78 is 0. The van der Waals surface area contributed by atoms with Crippen LogP contribution in [0.1, 0.15) is 6.42 Å². The van der Waals surface area contributed by atoms with Crippen molar-refractivity contribution in [3.63, 3.8) is 0 Å². The molecule has 0 bridgehead atoms. The maximum Gasteiger partial charge on any atom is 0.134 e. The number of hydrogen-bond acceptors (Lipinski definition) is 5. The van der Waals surface area contributed by atoms with Gasteiger partial charge in [0.25, 0.3) is 0 Å². The molecule has 2 N–H and O–H groups in total. The predicted octanol–water partition coefficient (Wildman–Crippen LogP) is 1.00. The maximum atomic E-state index is 5.61. The molecular formula is C9H14N4S. The van der Waals surface area contributed by atoms with Crippen LogP contribution in [-0.4, -0.2) is 34.6 Å². The number of aromatic nitrogens is 2. The van der Waals surface area contributed by atoms with Crippen molar-refractivity contribution in [3.05, 3.63) is 12.4 Å². The molecule has 1 atom stereocenters. The van der Waals surface area contributed by atoms with E-state index < -0.39 is 0 Å². The zero-order valence-electron chi connectivity index (χ0n) is 8.18. The molecular weight excluding hydrogens is 196 g/mol. The third-order valence-corrected chi connectivity index (χ3v) is 3.53. The molecule has 76 valence electrons. The molecule has 0 aromatic carbocycles. The van der Waals surface area contributed by atoms with Gasteiger partial charge in [-0.05, 0) is 12.7 Å². The van der Waals surface area contributed by atoms with E-state index >= 15 is 0 Å². The third-order valence-electron chi connectivity index (χ3n) is 2.48. The van der Waals surface area contributed by atoms with E-state index in [-0.39, 0.29) is 0 Å². The summed E-state index contributed by atoms with van der Waals surface area (Å²) in [5.41, 5.74) is 5.61. The number of hydrogen-bond donors (Lipinski definition) is 1. The van der Waals surface area contributed by atoms with Crippen LogP contribution < -0.4 is 10.6 Å². The summed E-state index contributed by atoms with van der Waals surface area (Å²) in [5, 5.41) is 0.728. The maximum absolute atomic E-state index is 5.61. The lowest BCUT2D eigenvalue weighted by atomic mass is 10.4. The van der Waals surface area contributed by atoms with Crippen molar-refractivity contribution in [2.75, 3.05) is 30.0 Å². The number of thioether (sulfide) groups is 1. The van der Waals surface area contributed by atoms with Crippen LogP contribution >= 0.6 is 11.8 Å². The van der Waals surface area contributed by atoms with Crippen molar-refractivity contribution in [1.82, 2.24) is 9.97 Å². The van der Waals surface area contributed by atoms with Gasteiger partial charge in [-0.25, -0.2) is 9.97 Å². The second-order valence-electron chi connectivity index (χ2n) is 3.39. The van der Waals surface area contributed by atoms with Crippen LogP contribution in [-0.2, 0) is 0 Å². The van der Waals surface area contributed by atoms with Gasteiger partial charge in [-0.2, -0.15) is 11.8 Å². The van der Waals surface area contributed by atoms with E-state index in [9.17, 15) is 0 Å². The molecule has 1 unspecified atom stereocenters. The normalized spacial score (nSPS) is 21.5. The molecule has 1 aliphatic rings. The van der Waals surface area contributed by atoms with Crippen LogP contribution in [0.2, 0.25) is 0 Å². The first-order valence-corrected chi connectivity index (χ1v) is 5.93. The average molecular weight is 210 g/mol. The molecule has 5 heteroatoms. The molecule has 1 aromatic rings. The average Bonchev–Trinajstić information content (AvgIpc) is 2.66. The fourth-order valence-corrected chi connectivity index (χ4v) is 2.33. The lowest BCUT2D eigenvalue weighted by Gasteiger charge is -2.16. The lowest BCUT2D eigenvalue weighted by Crippen LogP contribution is -2.21. The Kier molecular flexibility index (Phi) is 2.77. The Morgan fingerprint density at radius 1 is 1.57 bits per heavy atom. The second kappa shape index (κ2) is 4.04. The van der Waals surface area contributed by atoms with Crippen LogP contribution in [0.4, 0.5) is 11.6 Å². The van der Waals surface area contributed by atoms with E-state index in [0.717, 1.165) is 24.2 Å². The Hall–Kier alpha value is -0.970. The van der Waals surface area contributed by atoms with Crippen molar-refractivity contribution in [2.45, 2.75) is 11.7 Å². The number of nitrogens with zero attached hydrogens (tertiary/aromatic N) is 3. The van der Waals surface area contributed by atoms with Crippen molar-refractivity contribution >= 4 is 23.4 Å². The summed E-state index contributed by atoms with van der Waals surface area (Å²) in [6.07, 6.45) is 4.91. The largest absolute Gasteiger partial charge is 0.384 e. The summed E-state index contributed by atoms with van der Waals surface area (Å²) in [7, 11) is 0. The standard InChI is InChI=1S/C9H14N4S/c1-14-7-2-3-13(5-7)9-4-8(10)11-6-12-9/h4,6-7H,2-3,5H2,1H3,(H2,10,11,12).